The van der Waals surface area contributed by atoms with Crippen molar-refractivity contribution < 1.29 is 4.79 Å². The minimum absolute atomic E-state index is 0.0823. The first kappa shape index (κ1) is 14.9. The normalized spacial score (nSPS) is 18.9. The number of carbonyl (C=O) groups excluding carboxylic acids is 1. The van der Waals surface area contributed by atoms with Crippen LogP contribution in [0, 0.1) is 0 Å². The van der Waals surface area contributed by atoms with Gasteiger partial charge < -0.3 is 15.2 Å². The van der Waals surface area contributed by atoms with Crippen LogP contribution in [0.5, 0.6) is 0 Å². The lowest BCUT2D eigenvalue weighted by Crippen LogP contribution is -2.47. The van der Waals surface area contributed by atoms with E-state index in [1.54, 1.807) is 0 Å². The smallest absolute Gasteiger partial charge is 0.317 e. The molecule has 2 aliphatic rings. The Morgan fingerprint density at radius 3 is 2.91 bits per heavy atom. The highest BCUT2D eigenvalue weighted by atomic mass is 35.5. The Morgan fingerprint density at radius 1 is 1.26 bits per heavy atom. The number of nitrogens with one attached hydrogen (secondary N) is 2. The zero-order valence-corrected chi connectivity index (χ0v) is 14.0. The maximum Gasteiger partial charge on any atom is 0.317 e. The van der Waals surface area contributed by atoms with Crippen molar-refractivity contribution in [3.8, 4) is 0 Å². The van der Waals surface area contributed by atoms with Gasteiger partial charge in [-0.2, -0.15) is 0 Å². The second-order valence-electron chi connectivity index (χ2n) is 6.73. The molecular weight excluding hydrogens is 310 g/mol. The number of halogens is 1. The molecule has 1 aromatic carbocycles. The Balaban J connectivity index is 1.52. The molecule has 2 amide bonds. The summed E-state index contributed by atoms with van der Waals surface area (Å²) < 4.78 is 0. The van der Waals surface area contributed by atoms with Crippen LogP contribution in [-0.2, 0) is 13.0 Å². The van der Waals surface area contributed by atoms with Crippen molar-refractivity contribution in [1.29, 1.82) is 0 Å². The van der Waals surface area contributed by atoms with Gasteiger partial charge in [0.05, 0.1) is 0 Å². The second-order valence-corrected chi connectivity index (χ2v) is 7.16. The molecule has 122 valence electrons. The average molecular weight is 332 g/mol. The number of urea groups is 1. The molecule has 0 saturated heterocycles. The highest BCUT2D eigenvalue weighted by molar-refractivity contribution is 6.31. The van der Waals surface area contributed by atoms with Crippen molar-refractivity contribution in [1.82, 2.24) is 15.2 Å². The van der Waals surface area contributed by atoms with Gasteiger partial charge in [0.2, 0.25) is 0 Å². The zero-order valence-electron chi connectivity index (χ0n) is 13.2. The molecule has 1 aliphatic heterocycles. The molecule has 2 aromatic rings. The number of amides is 2. The van der Waals surface area contributed by atoms with Gasteiger partial charge >= 0.3 is 6.03 Å². The largest absolute Gasteiger partial charge is 0.358 e. The molecule has 2 N–H and O–H groups in total. The molecule has 0 atom stereocenters. The van der Waals surface area contributed by atoms with E-state index in [9.17, 15) is 4.79 Å². The van der Waals surface area contributed by atoms with Crippen LogP contribution in [0.4, 0.5) is 4.79 Å². The van der Waals surface area contributed by atoms with Gasteiger partial charge in [-0.25, -0.2) is 4.79 Å². The molecule has 0 radical (unpaired) electrons. The number of rotatable bonds is 1. The van der Waals surface area contributed by atoms with Gasteiger partial charge in [-0.15, -0.1) is 0 Å². The molecule has 0 spiro atoms. The summed E-state index contributed by atoms with van der Waals surface area (Å²) in [5.41, 5.74) is 3.56. The van der Waals surface area contributed by atoms with Crippen LogP contribution in [0.3, 0.4) is 0 Å². The first-order valence-electron chi connectivity index (χ1n) is 8.55. The van der Waals surface area contributed by atoms with Gasteiger partial charge in [0.25, 0.3) is 0 Å². The van der Waals surface area contributed by atoms with Crippen LogP contribution in [0.15, 0.2) is 18.2 Å². The number of aromatic amines is 1. The van der Waals surface area contributed by atoms with E-state index in [2.05, 4.69) is 10.3 Å². The summed E-state index contributed by atoms with van der Waals surface area (Å²) in [5.74, 6) is 0. The number of benzene rings is 1. The van der Waals surface area contributed by atoms with Gasteiger partial charge in [-0.3, -0.25) is 0 Å². The quantitative estimate of drug-likeness (QED) is 0.807. The van der Waals surface area contributed by atoms with Gasteiger partial charge in [0, 0.05) is 52.7 Å². The van der Waals surface area contributed by atoms with Crippen LogP contribution >= 0.6 is 11.6 Å². The van der Waals surface area contributed by atoms with E-state index in [0.717, 1.165) is 41.7 Å². The van der Waals surface area contributed by atoms with Crippen molar-refractivity contribution in [2.75, 3.05) is 6.54 Å². The average Bonchev–Trinajstić information content (AvgIpc) is 2.93. The first-order chi connectivity index (χ1) is 11.2. The third kappa shape index (κ3) is 2.92. The number of nitrogens with zero attached hydrogens (tertiary/aromatic N) is 1. The predicted octanol–water partition coefficient (Wildman–Crippen LogP) is 4.22. The SMILES string of the molecule is O=C(NC1CCCCC1)N1CCc2[nH]c3ccc(Cl)cc3c2C1. The van der Waals surface area contributed by atoms with Gasteiger partial charge in [-0.1, -0.05) is 30.9 Å². The lowest BCUT2D eigenvalue weighted by Gasteiger charge is -2.31. The Morgan fingerprint density at radius 2 is 2.09 bits per heavy atom. The summed E-state index contributed by atoms with van der Waals surface area (Å²) in [6, 6.07) is 6.35. The molecule has 1 aromatic heterocycles. The van der Waals surface area contributed by atoms with Crippen LogP contribution < -0.4 is 5.32 Å². The summed E-state index contributed by atoms with van der Waals surface area (Å²) in [4.78, 5) is 18.0. The van der Waals surface area contributed by atoms with E-state index in [1.165, 1.54) is 30.5 Å². The van der Waals surface area contributed by atoms with Crippen molar-refractivity contribution >= 4 is 28.5 Å². The Labute approximate surface area is 141 Å². The lowest BCUT2D eigenvalue weighted by molar-refractivity contribution is 0.185. The highest BCUT2D eigenvalue weighted by Gasteiger charge is 2.26. The summed E-state index contributed by atoms with van der Waals surface area (Å²) in [6.45, 7) is 1.43. The summed E-state index contributed by atoms with van der Waals surface area (Å²) in [6.07, 6.45) is 6.88. The maximum absolute atomic E-state index is 12.6. The molecule has 1 fully saturated rings. The fourth-order valence-corrected chi connectivity index (χ4v) is 4.04. The molecule has 2 heterocycles. The molecule has 1 aliphatic carbocycles. The molecule has 1 saturated carbocycles. The summed E-state index contributed by atoms with van der Waals surface area (Å²) in [7, 11) is 0. The molecule has 5 heteroatoms. The number of carbonyl (C=O) groups is 1. The highest BCUT2D eigenvalue weighted by Crippen LogP contribution is 2.30. The Bertz CT molecular complexity index is 733. The van der Waals surface area contributed by atoms with Gasteiger partial charge in [0.1, 0.15) is 0 Å². The van der Waals surface area contributed by atoms with Crippen LogP contribution in [-0.4, -0.2) is 28.5 Å². The summed E-state index contributed by atoms with van der Waals surface area (Å²) in [5, 5.41) is 5.10. The lowest BCUT2D eigenvalue weighted by atomic mass is 9.95. The summed E-state index contributed by atoms with van der Waals surface area (Å²) >= 11 is 6.14. The number of hydrogen-bond acceptors (Lipinski definition) is 1. The van der Waals surface area contributed by atoms with Crippen LogP contribution in [0.25, 0.3) is 10.9 Å². The van der Waals surface area contributed by atoms with E-state index in [0.29, 0.717) is 12.6 Å². The number of aromatic nitrogens is 1. The number of fused-ring (bicyclic) bond motifs is 3. The van der Waals surface area contributed by atoms with E-state index >= 15 is 0 Å². The molecule has 4 rings (SSSR count). The van der Waals surface area contributed by atoms with Crippen LogP contribution in [0.1, 0.15) is 43.4 Å². The third-order valence-corrected chi connectivity index (χ3v) is 5.39. The van der Waals surface area contributed by atoms with Crippen molar-refractivity contribution in [3.05, 3.63) is 34.5 Å². The van der Waals surface area contributed by atoms with Crippen molar-refractivity contribution in [2.45, 2.75) is 51.1 Å². The van der Waals surface area contributed by atoms with E-state index < -0.39 is 0 Å². The maximum atomic E-state index is 12.6. The van der Waals surface area contributed by atoms with Gasteiger partial charge in [0.15, 0.2) is 0 Å². The minimum Gasteiger partial charge on any atom is -0.358 e. The Kier molecular flexibility index (Phi) is 3.93. The van der Waals surface area contributed by atoms with E-state index in [4.69, 9.17) is 11.6 Å². The van der Waals surface area contributed by atoms with E-state index in [-0.39, 0.29) is 6.03 Å². The molecule has 23 heavy (non-hydrogen) atoms. The minimum atomic E-state index is 0.0823. The van der Waals surface area contributed by atoms with Gasteiger partial charge in [-0.05, 0) is 31.0 Å². The molecule has 0 bridgehead atoms. The number of hydrogen-bond donors (Lipinski definition) is 2. The Hall–Kier alpha value is -1.68. The van der Waals surface area contributed by atoms with Crippen LogP contribution in [0.2, 0.25) is 5.02 Å². The third-order valence-electron chi connectivity index (χ3n) is 5.16. The standard InChI is InChI=1S/C18H22ClN3O/c19-12-6-7-16-14(10-12)15-11-22(9-8-17(15)21-16)18(23)20-13-4-2-1-3-5-13/h6-7,10,13,21H,1-5,8-9,11H2,(H,20,23). The zero-order chi connectivity index (χ0) is 15.8. The fraction of sp³-hybridized carbons (Fsp3) is 0.500. The monoisotopic (exact) mass is 331 g/mol. The first-order valence-corrected chi connectivity index (χ1v) is 8.93. The van der Waals surface area contributed by atoms with Crippen molar-refractivity contribution in [3.63, 3.8) is 0 Å². The topological polar surface area (TPSA) is 48.1 Å². The number of H-pyrrole nitrogens is 1. The molecular formula is C18H22ClN3O. The van der Waals surface area contributed by atoms with Crippen molar-refractivity contribution in [2.24, 2.45) is 0 Å². The molecule has 4 nitrogen and oxygen atoms in total. The van der Waals surface area contributed by atoms with E-state index in [1.807, 2.05) is 23.1 Å². The molecule has 0 unspecified atom stereocenters. The second kappa shape index (κ2) is 6.08. The predicted molar refractivity (Wildman–Crippen MR) is 92.8 cm³/mol. The fourth-order valence-electron chi connectivity index (χ4n) is 3.87.